The summed E-state index contributed by atoms with van der Waals surface area (Å²) in [6.45, 7) is 4.36. The Morgan fingerprint density at radius 3 is 2.48 bits per heavy atom. The molecule has 1 amide bonds. The van der Waals surface area contributed by atoms with Gasteiger partial charge in [0.15, 0.2) is 11.5 Å². The second kappa shape index (κ2) is 9.20. The van der Waals surface area contributed by atoms with Gasteiger partial charge in [-0.15, -0.1) is 0 Å². The summed E-state index contributed by atoms with van der Waals surface area (Å²) in [5.41, 5.74) is 0.696. The lowest BCUT2D eigenvalue weighted by Crippen LogP contribution is -2.33. The Morgan fingerprint density at radius 1 is 1.20 bits per heavy atom. The van der Waals surface area contributed by atoms with E-state index in [1.165, 1.54) is 6.08 Å². The van der Waals surface area contributed by atoms with Crippen molar-refractivity contribution in [2.45, 2.75) is 45.6 Å². The summed E-state index contributed by atoms with van der Waals surface area (Å²) in [5, 5.41) is 3.05. The number of ether oxygens (including phenoxy) is 4. The number of rotatable bonds is 9. The molecule has 1 aliphatic rings. The molecule has 138 valence electrons. The van der Waals surface area contributed by atoms with Gasteiger partial charge in [0.25, 0.3) is 0 Å². The fourth-order valence-electron chi connectivity index (χ4n) is 2.92. The highest BCUT2D eigenvalue weighted by Gasteiger charge is 2.26. The maximum atomic E-state index is 12.2. The highest BCUT2D eigenvalue weighted by atomic mass is 16.7. The molecular weight excluding hydrogens is 322 g/mol. The Hall–Kier alpha value is -2.37. The molecule has 1 heterocycles. The molecule has 1 N–H and O–H groups in total. The summed E-state index contributed by atoms with van der Waals surface area (Å²) in [4.78, 5) is 12.2. The molecule has 0 aromatic heterocycles. The van der Waals surface area contributed by atoms with Crippen molar-refractivity contribution in [3.63, 3.8) is 0 Å². The van der Waals surface area contributed by atoms with Crippen molar-refractivity contribution in [3.05, 3.63) is 17.7 Å². The zero-order valence-electron chi connectivity index (χ0n) is 15.4. The second-order valence-electron chi connectivity index (χ2n) is 5.88. The highest BCUT2D eigenvalue weighted by molar-refractivity contribution is 5.92. The van der Waals surface area contributed by atoms with E-state index in [2.05, 4.69) is 19.2 Å². The van der Waals surface area contributed by atoms with Gasteiger partial charge in [0.1, 0.15) is 0 Å². The predicted molar refractivity (Wildman–Crippen MR) is 96.4 cm³/mol. The quantitative estimate of drug-likeness (QED) is 0.691. The summed E-state index contributed by atoms with van der Waals surface area (Å²) in [7, 11) is 3.11. The van der Waals surface area contributed by atoms with Gasteiger partial charge in [-0.25, -0.2) is 0 Å². The first-order valence-corrected chi connectivity index (χ1v) is 8.67. The maximum absolute atomic E-state index is 12.2. The fraction of sp³-hybridized carbons (Fsp3) is 0.526. The van der Waals surface area contributed by atoms with E-state index in [4.69, 9.17) is 18.9 Å². The Kier molecular flexibility index (Phi) is 6.98. The van der Waals surface area contributed by atoms with Gasteiger partial charge in [-0.1, -0.05) is 26.7 Å². The minimum absolute atomic E-state index is 0.116. The van der Waals surface area contributed by atoms with Crippen molar-refractivity contribution in [1.29, 1.82) is 0 Å². The van der Waals surface area contributed by atoms with E-state index in [0.29, 0.717) is 28.6 Å². The van der Waals surface area contributed by atoms with Crippen LogP contribution in [-0.2, 0) is 4.79 Å². The zero-order valence-corrected chi connectivity index (χ0v) is 15.4. The van der Waals surface area contributed by atoms with Crippen LogP contribution in [0.15, 0.2) is 12.1 Å². The highest BCUT2D eigenvalue weighted by Crippen LogP contribution is 2.49. The molecule has 0 spiro atoms. The number of carbonyl (C=O) groups is 1. The van der Waals surface area contributed by atoms with Crippen LogP contribution >= 0.6 is 0 Å². The van der Waals surface area contributed by atoms with E-state index in [-0.39, 0.29) is 18.7 Å². The monoisotopic (exact) mass is 349 g/mol. The summed E-state index contributed by atoms with van der Waals surface area (Å²) in [6.07, 6.45) is 7.26. The van der Waals surface area contributed by atoms with E-state index in [0.717, 1.165) is 25.7 Å². The van der Waals surface area contributed by atoms with Crippen LogP contribution in [0.2, 0.25) is 0 Å². The van der Waals surface area contributed by atoms with Crippen LogP contribution < -0.4 is 24.3 Å². The molecule has 0 atom stereocenters. The Balaban J connectivity index is 2.18. The normalized spacial score (nSPS) is 12.7. The van der Waals surface area contributed by atoms with Gasteiger partial charge in [0.2, 0.25) is 24.2 Å². The molecule has 6 nitrogen and oxygen atoms in total. The van der Waals surface area contributed by atoms with Crippen molar-refractivity contribution in [1.82, 2.24) is 5.32 Å². The van der Waals surface area contributed by atoms with Gasteiger partial charge >= 0.3 is 0 Å². The first-order chi connectivity index (χ1) is 12.1. The Bertz CT molecular complexity index is 621. The summed E-state index contributed by atoms with van der Waals surface area (Å²) in [5.74, 6) is 1.97. The molecule has 0 bridgehead atoms. The van der Waals surface area contributed by atoms with Gasteiger partial charge in [-0.05, 0) is 25.0 Å². The smallest absolute Gasteiger partial charge is 0.244 e. The molecule has 6 heteroatoms. The number of methoxy groups -OCH3 is 2. The van der Waals surface area contributed by atoms with Crippen LogP contribution in [0.3, 0.4) is 0 Å². The molecule has 1 aliphatic heterocycles. The van der Waals surface area contributed by atoms with Gasteiger partial charge in [0.05, 0.1) is 14.2 Å². The van der Waals surface area contributed by atoms with Crippen molar-refractivity contribution < 1.29 is 23.7 Å². The maximum Gasteiger partial charge on any atom is 0.244 e. The van der Waals surface area contributed by atoms with Gasteiger partial charge < -0.3 is 24.3 Å². The molecule has 0 radical (unpaired) electrons. The van der Waals surface area contributed by atoms with E-state index < -0.39 is 0 Å². The molecule has 0 fully saturated rings. The van der Waals surface area contributed by atoms with E-state index in [1.54, 1.807) is 26.4 Å². The largest absolute Gasteiger partial charge is 0.493 e. The van der Waals surface area contributed by atoms with Crippen LogP contribution in [0.5, 0.6) is 23.0 Å². The Labute approximate surface area is 149 Å². The molecule has 1 aromatic carbocycles. The SMILES string of the molecule is CCCC(CCC)NC(=O)/C=C/c1cc(OC)c2c(c1OC)OCO2. The third-order valence-electron chi connectivity index (χ3n) is 4.05. The lowest BCUT2D eigenvalue weighted by atomic mass is 10.1. The number of fused-ring (bicyclic) bond motifs is 1. The van der Waals surface area contributed by atoms with Crippen molar-refractivity contribution in [2.75, 3.05) is 21.0 Å². The molecule has 2 rings (SSSR count). The van der Waals surface area contributed by atoms with Crippen LogP contribution in [0.4, 0.5) is 0 Å². The van der Waals surface area contributed by atoms with Crippen LogP contribution in [0.25, 0.3) is 6.08 Å². The van der Waals surface area contributed by atoms with Gasteiger partial charge in [-0.2, -0.15) is 0 Å². The summed E-state index contributed by atoms with van der Waals surface area (Å²) < 4.78 is 21.7. The lowest BCUT2D eigenvalue weighted by Gasteiger charge is -2.16. The van der Waals surface area contributed by atoms with Crippen molar-refractivity contribution in [3.8, 4) is 23.0 Å². The van der Waals surface area contributed by atoms with E-state index >= 15 is 0 Å². The molecule has 0 saturated heterocycles. The summed E-state index contributed by atoms with van der Waals surface area (Å²) >= 11 is 0. The summed E-state index contributed by atoms with van der Waals surface area (Å²) in [6, 6.07) is 1.98. The number of hydrogen-bond acceptors (Lipinski definition) is 5. The molecular formula is C19H27NO5. The van der Waals surface area contributed by atoms with Crippen molar-refractivity contribution >= 4 is 12.0 Å². The number of benzene rings is 1. The topological polar surface area (TPSA) is 66.0 Å². The predicted octanol–water partition coefficient (Wildman–Crippen LogP) is 3.53. The molecule has 1 aromatic rings. The molecule has 25 heavy (non-hydrogen) atoms. The minimum Gasteiger partial charge on any atom is -0.493 e. The average Bonchev–Trinajstić information content (AvgIpc) is 3.09. The fourth-order valence-corrected chi connectivity index (χ4v) is 2.92. The van der Waals surface area contributed by atoms with Crippen molar-refractivity contribution in [2.24, 2.45) is 0 Å². The number of amides is 1. The molecule has 0 aliphatic carbocycles. The zero-order chi connectivity index (χ0) is 18.2. The molecule has 0 saturated carbocycles. The third-order valence-corrected chi connectivity index (χ3v) is 4.05. The number of hydrogen-bond donors (Lipinski definition) is 1. The van der Waals surface area contributed by atoms with Crippen LogP contribution in [-0.4, -0.2) is 33.0 Å². The Morgan fingerprint density at radius 2 is 1.88 bits per heavy atom. The average molecular weight is 349 g/mol. The van der Waals surface area contributed by atoms with Crippen LogP contribution in [0, 0.1) is 0 Å². The first-order valence-electron chi connectivity index (χ1n) is 8.67. The minimum atomic E-state index is -0.120. The van der Waals surface area contributed by atoms with Gasteiger partial charge in [0, 0.05) is 17.7 Å². The molecule has 0 unspecified atom stereocenters. The standard InChI is InChI=1S/C19H27NO5/c1-5-7-14(8-6-2)20-16(21)10-9-13-11-15(22-3)18-19(17(13)23-4)25-12-24-18/h9-11,14H,5-8,12H2,1-4H3,(H,20,21)/b10-9+. The van der Waals surface area contributed by atoms with Crippen LogP contribution in [0.1, 0.15) is 45.1 Å². The van der Waals surface area contributed by atoms with E-state index in [9.17, 15) is 4.79 Å². The number of carbonyl (C=O) groups excluding carboxylic acids is 1. The third kappa shape index (κ3) is 4.59. The lowest BCUT2D eigenvalue weighted by molar-refractivity contribution is -0.117. The van der Waals surface area contributed by atoms with Gasteiger partial charge in [-0.3, -0.25) is 4.79 Å². The van der Waals surface area contributed by atoms with E-state index in [1.807, 2.05) is 0 Å². The second-order valence-corrected chi connectivity index (χ2v) is 5.88. The number of nitrogens with one attached hydrogen (secondary N) is 1. The first kappa shape index (κ1) is 19.0.